The van der Waals surface area contributed by atoms with Crippen molar-refractivity contribution >= 4 is 12.2 Å². The molecule has 8 heteroatoms. The number of ether oxygens (including phenoxy) is 2. The number of benzene rings is 1. The molecule has 0 radical (unpaired) electrons. The van der Waals surface area contributed by atoms with Gasteiger partial charge in [-0.05, 0) is 62.6 Å². The van der Waals surface area contributed by atoms with Crippen LogP contribution in [0, 0.1) is 4.77 Å². The van der Waals surface area contributed by atoms with E-state index in [0.29, 0.717) is 18.0 Å². The molecule has 28 heavy (non-hydrogen) atoms. The van der Waals surface area contributed by atoms with Crippen LogP contribution in [0.25, 0.3) is 11.4 Å². The Balaban J connectivity index is 1.61. The molecular weight excluding hydrogens is 374 g/mol. The van der Waals surface area contributed by atoms with Crippen LogP contribution in [0.4, 0.5) is 0 Å². The van der Waals surface area contributed by atoms with Gasteiger partial charge < -0.3 is 14.0 Å². The highest BCUT2D eigenvalue weighted by Gasteiger charge is 2.12. The maximum Gasteiger partial charge on any atom is 0.199 e. The molecule has 0 aliphatic heterocycles. The van der Waals surface area contributed by atoms with Crippen LogP contribution in [0.15, 0.2) is 48.8 Å². The van der Waals surface area contributed by atoms with Crippen LogP contribution in [-0.4, -0.2) is 51.5 Å². The molecule has 0 fully saturated rings. The van der Waals surface area contributed by atoms with Crippen LogP contribution < -0.4 is 9.47 Å². The number of pyridine rings is 1. The zero-order valence-electron chi connectivity index (χ0n) is 16.4. The van der Waals surface area contributed by atoms with Crippen LogP contribution >= 0.6 is 12.2 Å². The molecule has 1 aromatic carbocycles. The molecule has 0 atom stereocenters. The summed E-state index contributed by atoms with van der Waals surface area (Å²) in [4.78, 5) is 6.20. The van der Waals surface area contributed by atoms with Gasteiger partial charge in [-0.25, -0.2) is 4.68 Å². The maximum absolute atomic E-state index is 5.80. The lowest BCUT2D eigenvalue weighted by molar-refractivity contribution is 0.197. The Morgan fingerprint density at radius 1 is 1.07 bits per heavy atom. The molecule has 0 spiro atoms. The zero-order valence-corrected chi connectivity index (χ0v) is 17.2. The number of rotatable bonds is 9. The third kappa shape index (κ3) is 4.76. The molecule has 148 valence electrons. The molecule has 7 nitrogen and oxygen atoms in total. The van der Waals surface area contributed by atoms with Gasteiger partial charge in [-0.3, -0.25) is 9.88 Å². The fourth-order valence-electron chi connectivity index (χ4n) is 2.82. The summed E-state index contributed by atoms with van der Waals surface area (Å²) in [5, 5.41) is 4.73. The molecule has 2 aromatic heterocycles. The summed E-state index contributed by atoms with van der Waals surface area (Å²) in [6, 6.07) is 11.5. The fourth-order valence-corrected chi connectivity index (χ4v) is 3.14. The monoisotopic (exact) mass is 399 g/mol. The number of hydrogen-bond acceptors (Lipinski definition) is 6. The van der Waals surface area contributed by atoms with Crippen LogP contribution in [0.2, 0.25) is 0 Å². The number of methoxy groups -OCH3 is 1. The standard InChI is InChI=1S/C20H25N5O2S/c1-4-24-19(16-9-11-21-12-10-16)22-25(20(24)28)15-23(2)13-14-27-18-7-5-17(26-3)6-8-18/h5-12H,4,13-15H2,1-3H3. The van der Waals surface area contributed by atoms with Crippen molar-refractivity contribution in [2.75, 3.05) is 27.3 Å². The topological polar surface area (TPSA) is 57.3 Å². The lowest BCUT2D eigenvalue weighted by atomic mass is 10.2. The Kier molecular flexibility index (Phi) is 6.78. The summed E-state index contributed by atoms with van der Waals surface area (Å²) in [5.41, 5.74) is 1.01. The molecule has 2 heterocycles. The second kappa shape index (κ2) is 9.48. The quantitative estimate of drug-likeness (QED) is 0.514. The van der Waals surface area contributed by atoms with E-state index in [9.17, 15) is 0 Å². The lowest BCUT2D eigenvalue weighted by Gasteiger charge is -2.16. The van der Waals surface area contributed by atoms with Crippen molar-refractivity contribution in [3.63, 3.8) is 0 Å². The Labute approximate surface area is 170 Å². The minimum atomic E-state index is 0.571. The molecular formula is C20H25N5O2S. The molecule has 3 aromatic rings. The number of aromatic nitrogens is 4. The minimum Gasteiger partial charge on any atom is -0.497 e. The maximum atomic E-state index is 5.80. The van der Waals surface area contributed by atoms with Crippen LogP contribution in [-0.2, 0) is 13.2 Å². The summed E-state index contributed by atoms with van der Waals surface area (Å²) in [7, 11) is 3.67. The molecule has 0 aliphatic carbocycles. The fraction of sp³-hybridized carbons (Fsp3) is 0.350. The molecule has 0 saturated carbocycles. The van der Waals surface area contributed by atoms with Crippen molar-refractivity contribution in [1.82, 2.24) is 24.2 Å². The zero-order chi connectivity index (χ0) is 19.9. The molecule has 0 bridgehead atoms. The van der Waals surface area contributed by atoms with Gasteiger partial charge in [0.1, 0.15) is 18.1 Å². The van der Waals surface area contributed by atoms with E-state index in [1.54, 1.807) is 19.5 Å². The van der Waals surface area contributed by atoms with Gasteiger partial charge >= 0.3 is 0 Å². The Bertz CT molecular complexity index is 937. The summed E-state index contributed by atoms with van der Waals surface area (Å²) >= 11 is 5.62. The van der Waals surface area contributed by atoms with E-state index >= 15 is 0 Å². The van der Waals surface area contributed by atoms with Gasteiger partial charge in [0, 0.05) is 31.0 Å². The largest absolute Gasteiger partial charge is 0.497 e. The van der Waals surface area contributed by atoms with Gasteiger partial charge in [0.15, 0.2) is 10.6 Å². The van der Waals surface area contributed by atoms with Crippen molar-refractivity contribution in [1.29, 1.82) is 0 Å². The third-order valence-electron chi connectivity index (χ3n) is 4.35. The van der Waals surface area contributed by atoms with Gasteiger partial charge in [-0.15, -0.1) is 0 Å². The molecule has 0 saturated heterocycles. The van der Waals surface area contributed by atoms with Crippen molar-refractivity contribution < 1.29 is 9.47 Å². The Morgan fingerprint density at radius 3 is 2.39 bits per heavy atom. The van der Waals surface area contributed by atoms with E-state index < -0.39 is 0 Å². The SMILES string of the molecule is CCn1c(-c2ccncc2)nn(CN(C)CCOc2ccc(OC)cc2)c1=S. The van der Waals surface area contributed by atoms with Gasteiger partial charge in [0.2, 0.25) is 0 Å². The van der Waals surface area contributed by atoms with E-state index in [1.807, 2.05) is 52.7 Å². The number of likely N-dealkylation sites (N-methyl/N-ethyl adjacent to an activating group) is 1. The van der Waals surface area contributed by atoms with Gasteiger partial charge in [0.25, 0.3) is 0 Å². The predicted octanol–water partition coefficient (Wildman–Crippen LogP) is 3.47. The molecule has 3 rings (SSSR count). The van der Waals surface area contributed by atoms with Crippen LogP contribution in [0.3, 0.4) is 0 Å². The lowest BCUT2D eigenvalue weighted by Crippen LogP contribution is -2.27. The second-order valence-electron chi connectivity index (χ2n) is 6.33. The van der Waals surface area contributed by atoms with E-state index in [0.717, 1.165) is 36.0 Å². The first-order chi connectivity index (χ1) is 13.6. The smallest absolute Gasteiger partial charge is 0.199 e. The average molecular weight is 400 g/mol. The minimum absolute atomic E-state index is 0.571. The molecule has 0 N–H and O–H groups in total. The van der Waals surface area contributed by atoms with E-state index in [1.165, 1.54) is 0 Å². The first kappa shape index (κ1) is 20.0. The Morgan fingerprint density at radius 2 is 1.75 bits per heavy atom. The highest BCUT2D eigenvalue weighted by atomic mass is 32.1. The van der Waals surface area contributed by atoms with Gasteiger partial charge in [-0.1, -0.05) is 0 Å². The second-order valence-corrected chi connectivity index (χ2v) is 6.70. The number of nitrogens with zero attached hydrogens (tertiary/aromatic N) is 5. The predicted molar refractivity (Wildman–Crippen MR) is 111 cm³/mol. The highest BCUT2D eigenvalue weighted by molar-refractivity contribution is 7.71. The summed E-state index contributed by atoms with van der Waals surface area (Å²) in [5.74, 6) is 2.49. The molecule has 0 unspecified atom stereocenters. The highest BCUT2D eigenvalue weighted by Crippen LogP contribution is 2.18. The summed E-state index contributed by atoms with van der Waals surface area (Å²) in [6.07, 6.45) is 3.53. The Hall–Kier alpha value is -2.71. The normalized spacial score (nSPS) is 11.0. The average Bonchev–Trinajstić information content (AvgIpc) is 3.04. The van der Waals surface area contributed by atoms with Crippen molar-refractivity contribution in [2.24, 2.45) is 0 Å². The molecule has 0 amide bonds. The molecule has 0 aliphatic rings. The van der Waals surface area contributed by atoms with Crippen LogP contribution in [0.5, 0.6) is 11.5 Å². The van der Waals surface area contributed by atoms with Crippen molar-refractivity contribution in [2.45, 2.75) is 20.1 Å². The van der Waals surface area contributed by atoms with Crippen molar-refractivity contribution in [3.8, 4) is 22.9 Å². The summed E-state index contributed by atoms with van der Waals surface area (Å²) in [6.45, 7) is 4.74. The number of hydrogen-bond donors (Lipinski definition) is 0. The van der Waals surface area contributed by atoms with E-state index in [2.05, 4.69) is 16.8 Å². The van der Waals surface area contributed by atoms with Gasteiger partial charge in [0.05, 0.1) is 13.8 Å². The first-order valence-corrected chi connectivity index (χ1v) is 9.56. The third-order valence-corrected chi connectivity index (χ3v) is 4.79. The first-order valence-electron chi connectivity index (χ1n) is 9.15. The van der Waals surface area contributed by atoms with Crippen molar-refractivity contribution in [3.05, 3.63) is 53.6 Å². The van der Waals surface area contributed by atoms with E-state index in [-0.39, 0.29) is 0 Å². The van der Waals surface area contributed by atoms with Crippen LogP contribution in [0.1, 0.15) is 6.92 Å². The van der Waals surface area contributed by atoms with Gasteiger partial charge in [-0.2, -0.15) is 5.10 Å². The van der Waals surface area contributed by atoms with E-state index in [4.69, 9.17) is 26.8 Å². The summed E-state index contributed by atoms with van der Waals surface area (Å²) < 4.78 is 15.5.